The number of hydrogen-bond acceptors (Lipinski definition) is 3. The van der Waals surface area contributed by atoms with Gasteiger partial charge in [-0.2, -0.15) is 0 Å². The summed E-state index contributed by atoms with van der Waals surface area (Å²) in [7, 11) is 1.74. The van der Waals surface area contributed by atoms with Crippen molar-refractivity contribution in [2.45, 2.75) is 64.0 Å². The van der Waals surface area contributed by atoms with Crippen molar-refractivity contribution >= 4 is 5.91 Å². The molecule has 5 nitrogen and oxygen atoms in total. The average molecular weight is 376 g/mol. The highest BCUT2D eigenvalue weighted by atomic mass is 16.5. The zero-order chi connectivity index (χ0) is 18.9. The third-order valence-electron chi connectivity index (χ3n) is 6.29. The highest BCUT2D eigenvalue weighted by molar-refractivity contribution is 5.76. The molecule has 0 saturated carbocycles. The molecule has 3 heterocycles. The quantitative estimate of drug-likeness (QED) is 0.588. The number of rotatable bonds is 10. The Morgan fingerprint density at radius 3 is 2.74 bits per heavy atom. The minimum atomic E-state index is 0.325. The second-order valence-corrected chi connectivity index (χ2v) is 8.21. The number of aromatic nitrogens is 1. The Morgan fingerprint density at radius 2 is 1.93 bits per heavy atom. The van der Waals surface area contributed by atoms with Crippen molar-refractivity contribution in [3.8, 4) is 0 Å². The van der Waals surface area contributed by atoms with Crippen LogP contribution >= 0.6 is 0 Å². The van der Waals surface area contributed by atoms with Crippen LogP contribution < -0.4 is 0 Å². The van der Waals surface area contributed by atoms with E-state index in [-0.39, 0.29) is 0 Å². The second kappa shape index (κ2) is 10.9. The highest BCUT2D eigenvalue weighted by Crippen LogP contribution is 2.31. The number of piperidine rings is 2. The number of carbonyl (C=O) groups excluding carboxylic acids is 1. The lowest BCUT2D eigenvalue weighted by molar-refractivity contribution is -0.133. The Balaban J connectivity index is 1.53. The molecule has 3 rings (SSSR count). The number of ether oxygens (including phenoxy) is 1. The number of methoxy groups -OCH3 is 1. The van der Waals surface area contributed by atoms with Crippen molar-refractivity contribution in [1.29, 1.82) is 0 Å². The summed E-state index contributed by atoms with van der Waals surface area (Å²) >= 11 is 0. The molecule has 5 heteroatoms. The molecule has 0 spiro atoms. The Bertz CT molecular complexity index is 544. The predicted octanol–water partition coefficient (Wildman–Crippen LogP) is 3.40. The Morgan fingerprint density at radius 1 is 1.11 bits per heavy atom. The molecule has 0 N–H and O–H groups in total. The van der Waals surface area contributed by atoms with Gasteiger partial charge in [0.15, 0.2) is 0 Å². The molecule has 1 aromatic heterocycles. The zero-order valence-corrected chi connectivity index (χ0v) is 17.0. The normalized spacial score (nSPS) is 23.1. The van der Waals surface area contributed by atoms with Gasteiger partial charge in [0.25, 0.3) is 0 Å². The molecule has 1 aromatic rings. The summed E-state index contributed by atoms with van der Waals surface area (Å²) in [6, 6.07) is 4.78. The van der Waals surface area contributed by atoms with E-state index in [1.54, 1.807) is 7.11 Å². The van der Waals surface area contributed by atoms with E-state index < -0.39 is 0 Å². The van der Waals surface area contributed by atoms with Gasteiger partial charge in [0.2, 0.25) is 5.91 Å². The van der Waals surface area contributed by atoms with Crippen LogP contribution in [0.15, 0.2) is 24.5 Å². The van der Waals surface area contributed by atoms with E-state index in [1.807, 2.05) is 12.1 Å². The molecule has 152 valence electrons. The zero-order valence-electron chi connectivity index (χ0n) is 17.0. The van der Waals surface area contributed by atoms with Gasteiger partial charge < -0.3 is 19.1 Å². The lowest BCUT2D eigenvalue weighted by atomic mass is 9.83. The fraction of sp³-hybridized carbons (Fsp3) is 0.773. The number of amides is 1. The van der Waals surface area contributed by atoms with Crippen LogP contribution in [-0.4, -0.2) is 66.2 Å². The molecule has 27 heavy (non-hydrogen) atoms. The Kier molecular flexibility index (Phi) is 8.21. The first-order chi connectivity index (χ1) is 13.3. The van der Waals surface area contributed by atoms with Crippen LogP contribution in [0, 0.1) is 5.92 Å². The van der Waals surface area contributed by atoms with Gasteiger partial charge in [-0.3, -0.25) is 4.79 Å². The molecule has 2 aliphatic heterocycles. The van der Waals surface area contributed by atoms with Gasteiger partial charge in [-0.25, -0.2) is 0 Å². The van der Waals surface area contributed by atoms with Crippen LogP contribution in [0.3, 0.4) is 0 Å². The van der Waals surface area contributed by atoms with E-state index in [2.05, 4.69) is 26.8 Å². The minimum Gasteiger partial charge on any atom is -0.385 e. The van der Waals surface area contributed by atoms with E-state index in [4.69, 9.17) is 4.74 Å². The van der Waals surface area contributed by atoms with Crippen molar-refractivity contribution in [3.05, 3.63) is 24.5 Å². The molecule has 1 amide bonds. The number of aryl methyl sites for hydroxylation is 1. The predicted molar refractivity (Wildman–Crippen MR) is 109 cm³/mol. The first kappa shape index (κ1) is 20.4. The number of fused-ring (bicyclic) bond motifs is 1. The number of carbonyl (C=O) groups is 1. The van der Waals surface area contributed by atoms with Crippen LogP contribution in [0.2, 0.25) is 0 Å². The molecule has 2 fully saturated rings. The molecule has 0 unspecified atom stereocenters. The smallest absolute Gasteiger partial charge is 0.222 e. The Hall–Kier alpha value is -1.33. The topological polar surface area (TPSA) is 37.7 Å². The van der Waals surface area contributed by atoms with Crippen molar-refractivity contribution in [2.75, 3.05) is 39.9 Å². The highest BCUT2D eigenvalue weighted by Gasteiger charge is 2.34. The summed E-state index contributed by atoms with van der Waals surface area (Å²) in [5.41, 5.74) is 0. The third-order valence-corrected chi connectivity index (χ3v) is 6.29. The van der Waals surface area contributed by atoms with E-state index in [1.165, 1.54) is 45.2 Å². The first-order valence-electron chi connectivity index (χ1n) is 10.9. The van der Waals surface area contributed by atoms with Crippen LogP contribution in [-0.2, 0) is 16.1 Å². The summed E-state index contributed by atoms with van der Waals surface area (Å²) < 4.78 is 7.38. The maximum absolute atomic E-state index is 13.0. The largest absolute Gasteiger partial charge is 0.385 e. The summed E-state index contributed by atoms with van der Waals surface area (Å²) in [4.78, 5) is 17.8. The van der Waals surface area contributed by atoms with Crippen LogP contribution in [0.4, 0.5) is 0 Å². The molecule has 0 bridgehead atoms. The maximum Gasteiger partial charge on any atom is 0.222 e. The average Bonchev–Trinajstić information content (AvgIpc) is 3.21. The third kappa shape index (κ3) is 6.08. The van der Waals surface area contributed by atoms with E-state index in [0.29, 0.717) is 24.3 Å². The standard InChI is InChI=1S/C22H37N3O2/c1-27-18-8-17-25(22(26)11-7-14-23-12-4-5-13-23)19-20-9-6-16-24-15-3-2-10-21(20)24/h4-5,12-13,20-21H,2-3,6-11,14-19H2,1H3/t20-,21+/m0/s1. The Labute approximate surface area is 164 Å². The molecule has 0 aliphatic carbocycles. The minimum absolute atomic E-state index is 0.325. The summed E-state index contributed by atoms with van der Waals surface area (Å²) in [5.74, 6) is 0.973. The van der Waals surface area contributed by atoms with E-state index in [9.17, 15) is 4.79 Å². The maximum atomic E-state index is 13.0. The van der Waals surface area contributed by atoms with Crippen molar-refractivity contribution in [2.24, 2.45) is 5.92 Å². The van der Waals surface area contributed by atoms with Crippen molar-refractivity contribution in [3.63, 3.8) is 0 Å². The van der Waals surface area contributed by atoms with Crippen LogP contribution in [0.25, 0.3) is 0 Å². The fourth-order valence-electron chi connectivity index (χ4n) is 4.88. The van der Waals surface area contributed by atoms with Crippen molar-refractivity contribution in [1.82, 2.24) is 14.4 Å². The molecular formula is C22H37N3O2. The monoisotopic (exact) mass is 375 g/mol. The van der Waals surface area contributed by atoms with Crippen LogP contribution in [0.1, 0.15) is 51.4 Å². The van der Waals surface area contributed by atoms with Crippen molar-refractivity contribution < 1.29 is 9.53 Å². The van der Waals surface area contributed by atoms with E-state index >= 15 is 0 Å². The summed E-state index contributed by atoms with van der Waals surface area (Å²) in [5, 5.41) is 0. The number of hydrogen-bond donors (Lipinski definition) is 0. The van der Waals surface area contributed by atoms with Gasteiger partial charge in [-0.1, -0.05) is 6.42 Å². The first-order valence-corrected chi connectivity index (χ1v) is 10.9. The molecule has 2 atom stereocenters. The van der Waals surface area contributed by atoms with Gasteiger partial charge in [0.05, 0.1) is 0 Å². The van der Waals surface area contributed by atoms with Crippen LogP contribution in [0.5, 0.6) is 0 Å². The molecule has 0 radical (unpaired) electrons. The van der Waals surface area contributed by atoms with E-state index in [0.717, 1.165) is 39.1 Å². The van der Waals surface area contributed by atoms with Gasteiger partial charge in [0, 0.05) is 58.2 Å². The fourth-order valence-corrected chi connectivity index (χ4v) is 4.88. The summed E-state index contributed by atoms with van der Waals surface area (Å²) in [6.45, 7) is 5.94. The molecule has 2 saturated heterocycles. The number of nitrogens with zero attached hydrogens (tertiary/aromatic N) is 3. The lowest BCUT2D eigenvalue weighted by Gasteiger charge is -2.45. The van der Waals surface area contributed by atoms with Gasteiger partial charge in [0.1, 0.15) is 0 Å². The summed E-state index contributed by atoms with van der Waals surface area (Å²) in [6.07, 6.45) is 13.2. The molecular weight excluding hydrogens is 338 g/mol. The SMILES string of the molecule is COCCCN(C[C@@H]1CCCN2CCCC[C@H]12)C(=O)CCCn1cccc1. The molecule has 0 aromatic carbocycles. The molecule has 2 aliphatic rings. The second-order valence-electron chi connectivity index (χ2n) is 8.21. The van der Waals surface area contributed by atoms with Gasteiger partial charge in [-0.05, 0) is 69.7 Å². The van der Waals surface area contributed by atoms with Gasteiger partial charge in [-0.15, -0.1) is 0 Å². The lowest BCUT2D eigenvalue weighted by Crippen LogP contribution is -2.51. The van der Waals surface area contributed by atoms with Gasteiger partial charge >= 0.3 is 0 Å².